The van der Waals surface area contributed by atoms with Crippen molar-refractivity contribution in [1.29, 1.82) is 0 Å². The fourth-order valence-electron chi connectivity index (χ4n) is 2.50. The highest BCUT2D eigenvalue weighted by atomic mass is 16.6. The predicted molar refractivity (Wildman–Crippen MR) is 86.1 cm³/mol. The van der Waals surface area contributed by atoms with Crippen molar-refractivity contribution in [1.82, 2.24) is 9.80 Å². The van der Waals surface area contributed by atoms with Crippen molar-refractivity contribution in [2.24, 2.45) is 0 Å². The molecule has 7 heteroatoms. The number of benzene rings is 1. The summed E-state index contributed by atoms with van der Waals surface area (Å²) in [6.45, 7) is 6.17. The van der Waals surface area contributed by atoms with Crippen LogP contribution in [0.2, 0.25) is 0 Å². The maximum atomic E-state index is 12.5. The molecule has 1 saturated heterocycles. The van der Waals surface area contributed by atoms with Crippen LogP contribution in [0.25, 0.3) is 0 Å². The van der Waals surface area contributed by atoms with Crippen molar-refractivity contribution < 1.29 is 19.4 Å². The minimum atomic E-state index is -0.991. The molecule has 3 N–H and O–H groups in total. The molecule has 0 aromatic heterocycles. The molecule has 1 aromatic rings. The van der Waals surface area contributed by atoms with Gasteiger partial charge in [0, 0.05) is 25.3 Å². The number of hydrogen-bond acceptors (Lipinski definition) is 4. The molecule has 0 spiro atoms. The number of nitrogens with zero attached hydrogens (tertiary/aromatic N) is 2. The molecule has 0 bridgehead atoms. The Morgan fingerprint density at radius 2 is 1.83 bits per heavy atom. The van der Waals surface area contributed by atoms with Gasteiger partial charge in [0.15, 0.2) is 0 Å². The third-order valence-electron chi connectivity index (χ3n) is 3.60. The highest BCUT2D eigenvalue weighted by molar-refractivity contribution is 5.70. The van der Waals surface area contributed by atoms with Crippen LogP contribution in [0.4, 0.5) is 15.3 Å². The van der Waals surface area contributed by atoms with Crippen LogP contribution < -0.4 is 5.73 Å². The standard InChI is InChI=1S/C16H23N3O4/c1-16(2,3)23-15(22)19-9-8-18(14(20)21)10-13(19)11-4-6-12(17)7-5-11/h4-7,13H,8-10,17H2,1-3H3,(H,20,21). The third-order valence-corrected chi connectivity index (χ3v) is 3.60. The first-order valence-corrected chi connectivity index (χ1v) is 7.50. The largest absolute Gasteiger partial charge is 0.465 e. The first kappa shape index (κ1) is 16.9. The molecule has 0 saturated carbocycles. The smallest absolute Gasteiger partial charge is 0.410 e. The lowest BCUT2D eigenvalue weighted by Crippen LogP contribution is -2.53. The molecule has 2 rings (SSSR count). The number of nitrogen functional groups attached to an aromatic ring is 1. The quantitative estimate of drug-likeness (QED) is 0.775. The number of rotatable bonds is 1. The molecular weight excluding hydrogens is 298 g/mol. The van der Waals surface area contributed by atoms with E-state index in [-0.39, 0.29) is 19.6 Å². The van der Waals surface area contributed by atoms with Crippen molar-refractivity contribution in [3.05, 3.63) is 29.8 Å². The Bertz CT molecular complexity index is 580. The first-order valence-electron chi connectivity index (χ1n) is 7.50. The van der Waals surface area contributed by atoms with Crippen LogP contribution in [-0.2, 0) is 4.74 Å². The van der Waals surface area contributed by atoms with Gasteiger partial charge in [0.25, 0.3) is 0 Å². The number of nitrogens with two attached hydrogens (primary N) is 1. The lowest BCUT2D eigenvalue weighted by molar-refractivity contribution is -0.000589. The van der Waals surface area contributed by atoms with Crippen molar-refractivity contribution in [2.75, 3.05) is 25.4 Å². The lowest BCUT2D eigenvalue weighted by atomic mass is 10.0. The number of ether oxygens (including phenoxy) is 1. The minimum absolute atomic E-state index is 0.207. The monoisotopic (exact) mass is 321 g/mol. The van der Waals surface area contributed by atoms with Gasteiger partial charge in [0.2, 0.25) is 0 Å². The average molecular weight is 321 g/mol. The minimum Gasteiger partial charge on any atom is -0.465 e. The van der Waals surface area contributed by atoms with Crippen LogP contribution >= 0.6 is 0 Å². The van der Waals surface area contributed by atoms with E-state index in [4.69, 9.17) is 10.5 Å². The molecule has 1 aliphatic rings. The molecule has 1 aliphatic heterocycles. The Kier molecular flexibility index (Phi) is 4.68. The molecule has 1 unspecified atom stereocenters. The number of amides is 2. The van der Waals surface area contributed by atoms with Crippen molar-refractivity contribution in [3.8, 4) is 0 Å². The van der Waals surface area contributed by atoms with Crippen molar-refractivity contribution >= 4 is 17.9 Å². The van der Waals surface area contributed by atoms with Gasteiger partial charge >= 0.3 is 12.2 Å². The van der Waals surface area contributed by atoms with Gasteiger partial charge in [-0.25, -0.2) is 9.59 Å². The normalized spacial score (nSPS) is 18.7. The number of piperazine rings is 1. The number of carboxylic acid groups (broad SMARTS) is 1. The summed E-state index contributed by atoms with van der Waals surface area (Å²) in [5, 5.41) is 9.23. The SMILES string of the molecule is CC(C)(C)OC(=O)N1CCN(C(=O)O)CC1c1ccc(N)cc1. The van der Waals surface area contributed by atoms with Crippen LogP contribution in [0.3, 0.4) is 0 Å². The van der Waals surface area contributed by atoms with E-state index in [1.807, 2.05) is 12.1 Å². The van der Waals surface area contributed by atoms with E-state index in [1.165, 1.54) is 4.90 Å². The highest BCUT2D eigenvalue weighted by Crippen LogP contribution is 2.28. The van der Waals surface area contributed by atoms with Gasteiger partial charge < -0.3 is 20.5 Å². The maximum absolute atomic E-state index is 12.5. The Morgan fingerprint density at radius 3 is 2.35 bits per heavy atom. The highest BCUT2D eigenvalue weighted by Gasteiger charge is 2.35. The fourth-order valence-corrected chi connectivity index (χ4v) is 2.50. The van der Waals surface area contributed by atoms with E-state index in [2.05, 4.69) is 0 Å². The summed E-state index contributed by atoms with van der Waals surface area (Å²) in [6, 6.07) is 6.70. The second-order valence-electron chi connectivity index (χ2n) is 6.58. The number of hydrogen-bond donors (Lipinski definition) is 2. The third kappa shape index (κ3) is 4.28. The van der Waals surface area contributed by atoms with Gasteiger partial charge in [0.1, 0.15) is 5.60 Å². The van der Waals surface area contributed by atoms with E-state index in [1.54, 1.807) is 37.8 Å². The van der Waals surface area contributed by atoms with Gasteiger partial charge in [-0.3, -0.25) is 4.90 Å². The van der Waals surface area contributed by atoms with Gasteiger partial charge in [-0.05, 0) is 38.5 Å². The summed E-state index contributed by atoms with van der Waals surface area (Å²) < 4.78 is 5.44. The summed E-state index contributed by atoms with van der Waals surface area (Å²) >= 11 is 0. The summed E-state index contributed by atoms with van der Waals surface area (Å²) in [6.07, 6.45) is -1.43. The second kappa shape index (κ2) is 6.36. The van der Waals surface area contributed by atoms with Gasteiger partial charge in [-0.2, -0.15) is 0 Å². The van der Waals surface area contributed by atoms with Crippen molar-refractivity contribution in [2.45, 2.75) is 32.4 Å². The van der Waals surface area contributed by atoms with Gasteiger partial charge in [0.05, 0.1) is 6.04 Å². The second-order valence-corrected chi connectivity index (χ2v) is 6.58. The molecule has 0 aliphatic carbocycles. The zero-order valence-corrected chi connectivity index (χ0v) is 13.7. The molecular formula is C16H23N3O4. The van der Waals surface area contributed by atoms with E-state index in [0.29, 0.717) is 5.69 Å². The van der Waals surface area contributed by atoms with Gasteiger partial charge in [-0.1, -0.05) is 12.1 Å². The molecule has 23 heavy (non-hydrogen) atoms. The molecule has 1 aromatic carbocycles. The molecule has 7 nitrogen and oxygen atoms in total. The molecule has 0 radical (unpaired) electrons. The zero-order valence-electron chi connectivity index (χ0n) is 13.7. The summed E-state index contributed by atoms with van der Waals surface area (Å²) in [5.41, 5.74) is 6.54. The van der Waals surface area contributed by atoms with Crippen LogP contribution in [0.15, 0.2) is 24.3 Å². The lowest BCUT2D eigenvalue weighted by Gasteiger charge is -2.40. The van der Waals surface area contributed by atoms with Crippen LogP contribution in [0.1, 0.15) is 32.4 Å². The van der Waals surface area contributed by atoms with E-state index in [0.717, 1.165) is 5.56 Å². The topological polar surface area (TPSA) is 96.1 Å². The Labute approximate surface area is 135 Å². The summed E-state index contributed by atoms with van der Waals surface area (Å²) in [4.78, 5) is 26.6. The zero-order chi connectivity index (χ0) is 17.2. The first-order chi connectivity index (χ1) is 10.7. The van der Waals surface area contributed by atoms with Crippen LogP contribution in [0, 0.1) is 0 Å². The summed E-state index contributed by atoms with van der Waals surface area (Å²) in [7, 11) is 0. The number of anilines is 1. The van der Waals surface area contributed by atoms with E-state index in [9.17, 15) is 14.7 Å². The molecule has 1 fully saturated rings. The Morgan fingerprint density at radius 1 is 1.22 bits per heavy atom. The molecule has 126 valence electrons. The van der Waals surface area contributed by atoms with E-state index >= 15 is 0 Å². The molecule has 1 atom stereocenters. The Balaban J connectivity index is 2.26. The molecule has 1 heterocycles. The predicted octanol–water partition coefficient (Wildman–Crippen LogP) is 2.54. The molecule has 2 amide bonds. The van der Waals surface area contributed by atoms with Gasteiger partial charge in [-0.15, -0.1) is 0 Å². The van der Waals surface area contributed by atoms with Crippen LogP contribution in [-0.4, -0.2) is 52.3 Å². The summed E-state index contributed by atoms with van der Waals surface area (Å²) in [5.74, 6) is 0. The maximum Gasteiger partial charge on any atom is 0.410 e. The van der Waals surface area contributed by atoms with Crippen molar-refractivity contribution in [3.63, 3.8) is 0 Å². The van der Waals surface area contributed by atoms with Crippen LogP contribution in [0.5, 0.6) is 0 Å². The average Bonchev–Trinajstić information content (AvgIpc) is 2.45. The number of carbonyl (C=O) groups is 2. The number of carbonyl (C=O) groups excluding carboxylic acids is 1. The fraction of sp³-hybridized carbons (Fsp3) is 0.500. The Hall–Kier alpha value is -2.44. The van der Waals surface area contributed by atoms with E-state index < -0.39 is 23.8 Å².